The van der Waals surface area contributed by atoms with Gasteiger partial charge in [-0.3, -0.25) is 4.79 Å². The van der Waals surface area contributed by atoms with Crippen molar-refractivity contribution in [3.05, 3.63) is 42.3 Å². The Morgan fingerprint density at radius 3 is 2.52 bits per heavy atom. The van der Waals surface area contributed by atoms with E-state index in [2.05, 4.69) is 10.3 Å². The molecule has 0 radical (unpaired) electrons. The second-order valence-electron chi connectivity index (χ2n) is 5.56. The highest BCUT2D eigenvalue weighted by atomic mass is 16.4. The first-order valence-electron chi connectivity index (χ1n) is 7.65. The lowest BCUT2D eigenvalue weighted by Crippen LogP contribution is -2.34. The van der Waals surface area contributed by atoms with Crippen molar-refractivity contribution in [2.24, 2.45) is 0 Å². The van der Waals surface area contributed by atoms with Gasteiger partial charge in [-0.15, -0.1) is 0 Å². The monoisotopic (exact) mass is 284 g/mol. The molecule has 110 valence electrons. The maximum atomic E-state index is 12.2. The number of hydrogen-bond donors (Lipinski definition) is 1. The van der Waals surface area contributed by atoms with Crippen LogP contribution in [0, 0.1) is 0 Å². The third kappa shape index (κ3) is 3.51. The Bertz CT molecular complexity index is 584. The Hall–Kier alpha value is -2.10. The van der Waals surface area contributed by atoms with Gasteiger partial charge in [0.2, 0.25) is 11.7 Å². The van der Waals surface area contributed by atoms with Gasteiger partial charge in [-0.05, 0) is 25.0 Å². The summed E-state index contributed by atoms with van der Waals surface area (Å²) in [6.45, 7) is 0. The summed E-state index contributed by atoms with van der Waals surface area (Å²) in [5.74, 6) is 0.622. The van der Waals surface area contributed by atoms with Crippen molar-refractivity contribution >= 4 is 5.91 Å². The second-order valence-corrected chi connectivity index (χ2v) is 5.56. The fourth-order valence-corrected chi connectivity index (χ4v) is 2.77. The first kappa shape index (κ1) is 13.9. The number of benzene rings is 1. The molecule has 1 aromatic heterocycles. The van der Waals surface area contributed by atoms with E-state index in [0.717, 1.165) is 18.4 Å². The Morgan fingerprint density at radius 2 is 1.81 bits per heavy atom. The molecule has 0 spiro atoms. The summed E-state index contributed by atoms with van der Waals surface area (Å²) in [5.41, 5.74) is 0.881. The molecule has 0 aliphatic heterocycles. The topological polar surface area (TPSA) is 55.1 Å². The van der Waals surface area contributed by atoms with Crippen LogP contribution < -0.4 is 5.32 Å². The highest BCUT2D eigenvalue weighted by Gasteiger charge is 2.19. The summed E-state index contributed by atoms with van der Waals surface area (Å²) >= 11 is 0. The Morgan fingerprint density at radius 1 is 1.10 bits per heavy atom. The number of amides is 1. The van der Waals surface area contributed by atoms with Crippen LogP contribution in [0.15, 0.2) is 40.9 Å². The molecule has 3 rings (SSSR count). The first-order chi connectivity index (χ1) is 10.3. The van der Waals surface area contributed by atoms with Crippen LogP contribution in [0.3, 0.4) is 0 Å². The number of nitrogens with one attached hydrogen (secondary N) is 1. The summed E-state index contributed by atoms with van der Waals surface area (Å²) in [5, 5.41) is 3.07. The third-order valence-electron chi connectivity index (χ3n) is 3.94. The zero-order chi connectivity index (χ0) is 14.5. The normalized spacial score (nSPS) is 16.4. The lowest BCUT2D eigenvalue weighted by molar-refractivity contribution is 0.0906. The van der Waals surface area contributed by atoms with Crippen molar-refractivity contribution in [1.82, 2.24) is 10.3 Å². The van der Waals surface area contributed by atoms with Crippen LogP contribution in [-0.2, 0) is 0 Å². The van der Waals surface area contributed by atoms with Crippen molar-refractivity contribution in [3.8, 4) is 11.5 Å². The SMILES string of the molecule is O=C(NC1CCCCCC1)c1cnc(-c2ccccc2)o1. The van der Waals surface area contributed by atoms with E-state index in [4.69, 9.17) is 4.42 Å². The average Bonchev–Trinajstić information content (AvgIpc) is 2.88. The van der Waals surface area contributed by atoms with Crippen LogP contribution in [0.5, 0.6) is 0 Å². The Kier molecular flexibility index (Phi) is 4.34. The van der Waals surface area contributed by atoms with E-state index in [1.54, 1.807) is 0 Å². The smallest absolute Gasteiger partial charge is 0.288 e. The lowest BCUT2D eigenvalue weighted by Gasteiger charge is -2.14. The van der Waals surface area contributed by atoms with Crippen molar-refractivity contribution < 1.29 is 9.21 Å². The van der Waals surface area contributed by atoms with Crippen LogP contribution >= 0.6 is 0 Å². The minimum absolute atomic E-state index is 0.156. The largest absolute Gasteiger partial charge is 0.431 e. The van der Waals surface area contributed by atoms with E-state index in [9.17, 15) is 4.79 Å². The molecule has 0 saturated heterocycles. The molecule has 4 nitrogen and oxygen atoms in total. The lowest BCUT2D eigenvalue weighted by atomic mass is 10.1. The fraction of sp³-hybridized carbons (Fsp3) is 0.412. The predicted octanol–water partition coefficient (Wildman–Crippen LogP) is 3.79. The average molecular weight is 284 g/mol. The van der Waals surface area contributed by atoms with Gasteiger partial charge in [-0.2, -0.15) is 0 Å². The molecular weight excluding hydrogens is 264 g/mol. The Labute approximate surface area is 124 Å². The van der Waals surface area contributed by atoms with Crippen molar-refractivity contribution in [2.75, 3.05) is 0 Å². The predicted molar refractivity (Wildman–Crippen MR) is 80.9 cm³/mol. The third-order valence-corrected chi connectivity index (χ3v) is 3.94. The number of carbonyl (C=O) groups excluding carboxylic acids is 1. The van der Waals surface area contributed by atoms with Crippen molar-refractivity contribution in [3.63, 3.8) is 0 Å². The maximum Gasteiger partial charge on any atom is 0.288 e. The molecule has 1 saturated carbocycles. The summed E-state index contributed by atoms with van der Waals surface area (Å²) in [7, 11) is 0. The van der Waals surface area contributed by atoms with Crippen molar-refractivity contribution in [1.29, 1.82) is 0 Å². The maximum absolute atomic E-state index is 12.2. The highest BCUT2D eigenvalue weighted by Crippen LogP contribution is 2.20. The fourth-order valence-electron chi connectivity index (χ4n) is 2.77. The van der Waals surface area contributed by atoms with Gasteiger partial charge < -0.3 is 9.73 Å². The minimum Gasteiger partial charge on any atom is -0.431 e. The zero-order valence-corrected chi connectivity index (χ0v) is 12.0. The van der Waals surface area contributed by atoms with Gasteiger partial charge >= 0.3 is 0 Å². The van der Waals surface area contributed by atoms with Crippen LogP contribution in [-0.4, -0.2) is 16.9 Å². The molecule has 1 aliphatic rings. The zero-order valence-electron chi connectivity index (χ0n) is 12.0. The first-order valence-corrected chi connectivity index (χ1v) is 7.65. The van der Waals surface area contributed by atoms with E-state index in [1.807, 2.05) is 30.3 Å². The highest BCUT2D eigenvalue weighted by molar-refractivity contribution is 5.91. The summed E-state index contributed by atoms with van der Waals surface area (Å²) in [6.07, 6.45) is 8.55. The van der Waals surface area contributed by atoms with Gasteiger partial charge in [0.25, 0.3) is 5.91 Å². The molecule has 1 aliphatic carbocycles. The number of hydrogen-bond acceptors (Lipinski definition) is 3. The van der Waals surface area contributed by atoms with Crippen LogP contribution in [0.2, 0.25) is 0 Å². The van der Waals surface area contributed by atoms with E-state index < -0.39 is 0 Å². The second kappa shape index (κ2) is 6.57. The number of oxazole rings is 1. The molecule has 2 aromatic rings. The molecule has 1 heterocycles. The van der Waals surface area contributed by atoms with Gasteiger partial charge in [0.1, 0.15) is 0 Å². The van der Waals surface area contributed by atoms with Gasteiger partial charge in [0, 0.05) is 11.6 Å². The molecule has 21 heavy (non-hydrogen) atoms. The molecule has 0 unspecified atom stereocenters. The molecule has 1 fully saturated rings. The minimum atomic E-state index is -0.156. The number of carbonyl (C=O) groups is 1. The van der Waals surface area contributed by atoms with Crippen LogP contribution in [0.25, 0.3) is 11.5 Å². The number of nitrogens with zero attached hydrogens (tertiary/aromatic N) is 1. The summed E-state index contributed by atoms with van der Waals surface area (Å²) < 4.78 is 5.58. The van der Waals surface area contributed by atoms with Gasteiger partial charge in [0.05, 0.1) is 6.20 Å². The van der Waals surface area contributed by atoms with E-state index in [0.29, 0.717) is 5.89 Å². The van der Waals surface area contributed by atoms with Gasteiger partial charge in [-0.1, -0.05) is 43.9 Å². The molecule has 4 heteroatoms. The van der Waals surface area contributed by atoms with E-state index >= 15 is 0 Å². The quantitative estimate of drug-likeness (QED) is 0.872. The van der Waals surface area contributed by atoms with Crippen LogP contribution in [0.4, 0.5) is 0 Å². The molecule has 1 amide bonds. The molecule has 1 N–H and O–H groups in total. The van der Waals surface area contributed by atoms with Crippen LogP contribution in [0.1, 0.15) is 49.1 Å². The molecule has 0 bridgehead atoms. The van der Waals surface area contributed by atoms with E-state index in [-0.39, 0.29) is 17.7 Å². The Balaban J connectivity index is 1.66. The molecular formula is C17H20N2O2. The molecule has 1 aromatic carbocycles. The van der Waals surface area contributed by atoms with E-state index in [1.165, 1.54) is 31.9 Å². The standard InChI is InChI=1S/C17H20N2O2/c20-16(19-14-10-6-1-2-7-11-14)15-12-18-17(21-15)13-8-4-3-5-9-13/h3-5,8-9,12,14H,1-2,6-7,10-11H2,(H,19,20). The van der Waals surface area contributed by atoms with Crippen molar-refractivity contribution in [2.45, 2.75) is 44.6 Å². The molecule has 0 atom stereocenters. The summed E-state index contributed by atoms with van der Waals surface area (Å²) in [4.78, 5) is 16.4. The van der Waals surface area contributed by atoms with Gasteiger partial charge in [-0.25, -0.2) is 4.98 Å². The van der Waals surface area contributed by atoms with Gasteiger partial charge in [0.15, 0.2) is 0 Å². The number of aromatic nitrogens is 1. The number of rotatable bonds is 3. The summed E-state index contributed by atoms with van der Waals surface area (Å²) in [6, 6.07) is 9.88.